The van der Waals surface area contributed by atoms with Crippen LogP contribution in [0.3, 0.4) is 0 Å². The minimum Gasteiger partial charge on any atom is -0.373 e. The highest BCUT2D eigenvalue weighted by Crippen LogP contribution is 2.48. The molecule has 0 radical (unpaired) electrons. The molecule has 0 saturated carbocycles. The van der Waals surface area contributed by atoms with E-state index >= 15 is 0 Å². The van der Waals surface area contributed by atoms with Crippen LogP contribution in [-0.2, 0) is 20.9 Å². The van der Waals surface area contributed by atoms with Gasteiger partial charge < -0.3 is 4.74 Å². The Morgan fingerprint density at radius 1 is 1.16 bits per heavy atom. The minimum absolute atomic E-state index is 0.134. The summed E-state index contributed by atoms with van der Waals surface area (Å²) in [5, 5.41) is 4.97. The standard InChI is InChI=1S/C17H15ClN4O3/c18-10-3-1-2-9(6-10)7-21-8-19-17(20-21)22-15(23)13-11-4-5-12(25-11)14(13)16(22)24/h1-3,6,8,11-14H,4-5,7H2/t11-,12+,13-,14+. The molecule has 3 fully saturated rings. The fourth-order valence-electron chi connectivity index (χ4n) is 4.19. The van der Waals surface area contributed by atoms with Crippen LogP contribution < -0.4 is 4.90 Å². The monoisotopic (exact) mass is 358 g/mol. The molecule has 25 heavy (non-hydrogen) atoms. The molecule has 2 aromatic rings. The topological polar surface area (TPSA) is 77.3 Å². The smallest absolute Gasteiger partial charge is 0.258 e. The first-order chi connectivity index (χ1) is 12.1. The number of imide groups is 1. The molecule has 1 aromatic heterocycles. The highest BCUT2D eigenvalue weighted by molar-refractivity contribution is 6.30. The third-order valence-corrected chi connectivity index (χ3v) is 5.48. The molecule has 4 atom stereocenters. The molecule has 3 saturated heterocycles. The van der Waals surface area contributed by atoms with Crippen LogP contribution in [-0.4, -0.2) is 38.8 Å². The van der Waals surface area contributed by atoms with E-state index in [4.69, 9.17) is 16.3 Å². The van der Waals surface area contributed by atoms with Crippen molar-refractivity contribution >= 4 is 29.4 Å². The number of halogens is 1. The molecule has 0 aliphatic carbocycles. The zero-order valence-electron chi connectivity index (χ0n) is 13.2. The average Bonchev–Trinajstić information content (AvgIpc) is 3.33. The van der Waals surface area contributed by atoms with Crippen LogP contribution in [0.2, 0.25) is 5.02 Å². The van der Waals surface area contributed by atoms with Crippen molar-refractivity contribution in [2.75, 3.05) is 4.90 Å². The van der Waals surface area contributed by atoms with Crippen molar-refractivity contribution in [3.63, 3.8) is 0 Å². The Balaban J connectivity index is 1.40. The van der Waals surface area contributed by atoms with Gasteiger partial charge in [0.15, 0.2) is 0 Å². The fourth-order valence-corrected chi connectivity index (χ4v) is 4.41. The summed E-state index contributed by atoms with van der Waals surface area (Å²) in [6, 6.07) is 7.43. The van der Waals surface area contributed by atoms with Crippen LogP contribution in [0.25, 0.3) is 0 Å². The van der Waals surface area contributed by atoms with Gasteiger partial charge in [0.2, 0.25) is 11.8 Å². The lowest BCUT2D eigenvalue weighted by Gasteiger charge is -2.14. The first kappa shape index (κ1) is 15.0. The zero-order chi connectivity index (χ0) is 17.1. The van der Waals surface area contributed by atoms with Gasteiger partial charge in [0.1, 0.15) is 6.33 Å². The summed E-state index contributed by atoms with van der Waals surface area (Å²) in [7, 11) is 0. The zero-order valence-corrected chi connectivity index (χ0v) is 14.0. The highest BCUT2D eigenvalue weighted by Gasteiger charge is 2.63. The second-order valence-corrected chi connectivity index (χ2v) is 7.16. The summed E-state index contributed by atoms with van der Waals surface area (Å²) < 4.78 is 7.33. The maximum atomic E-state index is 12.7. The molecule has 7 nitrogen and oxygen atoms in total. The lowest BCUT2D eigenvalue weighted by molar-refractivity contribution is -0.124. The molecule has 2 amide bonds. The van der Waals surface area contributed by atoms with Crippen molar-refractivity contribution < 1.29 is 14.3 Å². The Bertz CT molecular complexity index is 854. The van der Waals surface area contributed by atoms with E-state index in [-0.39, 0.29) is 41.8 Å². The summed E-state index contributed by atoms with van der Waals surface area (Å²) in [4.78, 5) is 30.8. The number of aromatic nitrogens is 3. The summed E-state index contributed by atoms with van der Waals surface area (Å²) in [5.41, 5.74) is 0.964. The molecule has 5 rings (SSSR count). The second kappa shape index (κ2) is 5.37. The third kappa shape index (κ3) is 2.22. The molecule has 128 valence electrons. The molecular weight excluding hydrogens is 344 g/mol. The Morgan fingerprint density at radius 3 is 2.56 bits per heavy atom. The maximum absolute atomic E-state index is 12.7. The molecule has 1 aromatic carbocycles. The molecular formula is C17H15ClN4O3. The molecule has 4 heterocycles. The SMILES string of the molecule is O=C1[C@@H]2[C@H](C(=O)N1c1ncn(Cc3cccc(Cl)c3)n1)[C@H]1CC[C@@H]2O1. The number of benzene rings is 1. The largest absolute Gasteiger partial charge is 0.373 e. The molecule has 3 aliphatic rings. The fraction of sp³-hybridized carbons (Fsp3) is 0.412. The van der Waals surface area contributed by atoms with Gasteiger partial charge in [-0.2, -0.15) is 4.98 Å². The summed E-state index contributed by atoms with van der Waals surface area (Å²) in [5.74, 6) is -1.06. The number of rotatable bonds is 3. The van der Waals surface area contributed by atoms with Gasteiger partial charge in [0.25, 0.3) is 5.95 Å². The normalized spacial score (nSPS) is 30.4. The van der Waals surface area contributed by atoms with Crippen LogP contribution in [0.5, 0.6) is 0 Å². The van der Waals surface area contributed by atoms with Crippen LogP contribution >= 0.6 is 11.6 Å². The van der Waals surface area contributed by atoms with Gasteiger partial charge in [-0.15, -0.1) is 5.10 Å². The van der Waals surface area contributed by atoms with Gasteiger partial charge >= 0.3 is 0 Å². The van der Waals surface area contributed by atoms with Crippen molar-refractivity contribution in [3.05, 3.63) is 41.2 Å². The number of nitrogens with zero attached hydrogens (tertiary/aromatic N) is 4. The van der Waals surface area contributed by atoms with E-state index in [0.717, 1.165) is 23.3 Å². The van der Waals surface area contributed by atoms with Crippen LogP contribution in [0.1, 0.15) is 18.4 Å². The number of carbonyl (C=O) groups is 2. The number of fused-ring (bicyclic) bond motifs is 5. The van der Waals surface area contributed by atoms with Crippen LogP contribution in [0, 0.1) is 11.8 Å². The third-order valence-electron chi connectivity index (χ3n) is 5.24. The van der Waals surface area contributed by atoms with Gasteiger partial charge in [-0.05, 0) is 30.5 Å². The highest BCUT2D eigenvalue weighted by atomic mass is 35.5. The Labute approximate surface area is 148 Å². The summed E-state index contributed by atoms with van der Waals surface area (Å²) >= 11 is 5.99. The summed E-state index contributed by atoms with van der Waals surface area (Å²) in [6.07, 6.45) is 2.94. The number of carbonyl (C=O) groups excluding carboxylic acids is 2. The van der Waals surface area contributed by atoms with E-state index in [2.05, 4.69) is 10.1 Å². The van der Waals surface area contributed by atoms with Crippen molar-refractivity contribution in [3.8, 4) is 0 Å². The molecule has 0 spiro atoms. The lowest BCUT2D eigenvalue weighted by Crippen LogP contribution is -2.35. The Hall–Kier alpha value is -2.25. The predicted molar refractivity (Wildman–Crippen MR) is 87.9 cm³/mol. The average molecular weight is 359 g/mol. The van der Waals surface area contributed by atoms with E-state index in [9.17, 15) is 9.59 Å². The van der Waals surface area contributed by atoms with Crippen LogP contribution in [0.4, 0.5) is 5.95 Å². The first-order valence-corrected chi connectivity index (χ1v) is 8.67. The van der Waals surface area contributed by atoms with E-state index < -0.39 is 0 Å². The van der Waals surface area contributed by atoms with Gasteiger partial charge in [-0.3, -0.25) is 9.59 Å². The van der Waals surface area contributed by atoms with Gasteiger partial charge in [0.05, 0.1) is 30.6 Å². The molecule has 3 aliphatic heterocycles. The Kier molecular flexibility index (Phi) is 3.23. The van der Waals surface area contributed by atoms with E-state index in [1.54, 1.807) is 10.7 Å². The summed E-state index contributed by atoms with van der Waals surface area (Å²) in [6.45, 7) is 0.463. The van der Waals surface area contributed by atoms with Gasteiger partial charge in [0, 0.05) is 5.02 Å². The molecule has 0 N–H and O–H groups in total. The van der Waals surface area contributed by atoms with Crippen LogP contribution in [0.15, 0.2) is 30.6 Å². The minimum atomic E-state index is -0.369. The maximum Gasteiger partial charge on any atom is 0.258 e. The van der Waals surface area contributed by atoms with Crippen molar-refractivity contribution in [2.24, 2.45) is 11.8 Å². The molecule has 8 heteroatoms. The lowest BCUT2D eigenvalue weighted by atomic mass is 9.81. The van der Waals surface area contributed by atoms with Crippen molar-refractivity contribution in [2.45, 2.75) is 31.6 Å². The molecule has 2 bridgehead atoms. The number of hydrogen-bond donors (Lipinski definition) is 0. The number of anilines is 1. The predicted octanol–water partition coefficient (Wildman–Crippen LogP) is 1.65. The van der Waals surface area contributed by atoms with Crippen molar-refractivity contribution in [1.82, 2.24) is 14.8 Å². The van der Waals surface area contributed by atoms with E-state index in [1.165, 1.54) is 6.33 Å². The quantitative estimate of drug-likeness (QED) is 0.780. The second-order valence-electron chi connectivity index (χ2n) is 6.73. The first-order valence-electron chi connectivity index (χ1n) is 8.29. The van der Waals surface area contributed by atoms with Gasteiger partial charge in [-0.1, -0.05) is 23.7 Å². The number of ether oxygens (including phenoxy) is 1. The Morgan fingerprint density at radius 2 is 1.88 bits per heavy atom. The van der Waals surface area contributed by atoms with E-state index in [1.807, 2.05) is 18.2 Å². The number of amides is 2. The van der Waals surface area contributed by atoms with E-state index in [0.29, 0.717) is 11.6 Å². The number of hydrogen-bond acceptors (Lipinski definition) is 5. The van der Waals surface area contributed by atoms with Crippen molar-refractivity contribution in [1.29, 1.82) is 0 Å². The van der Waals surface area contributed by atoms with Gasteiger partial charge in [-0.25, -0.2) is 9.58 Å². The molecule has 0 unspecified atom stereocenters.